The van der Waals surface area contributed by atoms with E-state index in [0.29, 0.717) is 0 Å². The summed E-state index contributed by atoms with van der Waals surface area (Å²) in [6.07, 6.45) is 0.906. The number of aldehydes is 1. The van der Waals surface area contributed by atoms with Crippen LogP contribution in [0.25, 0.3) is 0 Å². The maximum atomic E-state index is 10.5. The molecule has 0 unspecified atom stereocenters. The van der Waals surface area contributed by atoms with Gasteiger partial charge in [0.15, 0.2) is 0 Å². The SMILES string of the molecule is C[Si](C)(C)c1cccc(C=O)c1.[C-]#[O+].[C-]#[O+].[C-]#[O+].[Cr]. The Bertz CT molecular complexity index is 391. The van der Waals surface area contributed by atoms with E-state index in [-0.39, 0.29) is 17.4 Å². The molecule has 4 nitrogen and oxygen atoms in total. The number of rotatable bonds is 2. The zero-order valence-corrected chi connectivity index (χ0v) is 13.2. The predicted octanol–water partition coefficient (Wildman–Crippen LogP) is 1.93. The molecule has 0 atom stereocenters. The Kier molecular flexibility index (Phi) is 23.5. The maximum Gasteiger partial charge on any atom is 0 e. The van der Waals surface area contributed by atoms with Crippen LogP contribution in [0.2, 0.25) is 19.6 Å². The average Bonchev–Trinajstić information content (AvgIpc) is 2.44. The fourth-order valence-electron chi connectivity index (χ4n) is 1.08. The van der Waals surface area contributed by atoms with Crippen molar-refractivity contribution < 1.29 is 36.1 Å². The van der Waals surface area contributed by atoms with Crippen molar-refractivity contribution in [2.45, 2.75) is 19.6 Å². The summed E-state index contributed by atoms with van der Waals surface area (Å²) in [5, 5.41) is 1.34. The van der Waals surface area contributed by atoms with Gasteiger partial charge in [-0.15, -0.1) is 0 Å². The Morgan fingerprint density at radius 1 is 1.00 bits per heavy atom. The van der Waals surface area contributed by atoms with Crippen molar-refractivity contribution in [1.82, 2.24) is 0 Å². The molecule has 0 fully saturated rings. The Morgan fingerprint density at radius 2 is 1.42 bits per heavy atom. The van der Waals surface area contributed by atoms with E-state index in [9.17, 15) is 4.79 Å². The standard InChI is InChI=1S/C10H14OSi.3CO.Cr/c1-12(2,3)10-6-4-5-9(7-10)8-11;3*1-2;/h4-8H,1-3H3;;;;. The summed E-state index contributed by atoms with van der Waals surface area (Å²) in [5.41, 5.74) is 0.787. The molecule has 0 spiro atoms. The molecule has 0 saturated heterocycles. The van der Waals surface area contributed by atoms with E-state index in [1.807, 2.05) is 18.2 Å². The second kappa shape index (κ2) is 16.9. The molecule has 0 aromatic heterocycles. The predicted molar refractivity (Wildman–Crippen MR) is 66.6 cm³/mol. The molecule has 0 aliphatic carbocycles. The zero-order chi connectivity index (χ0) is 15.2. The van der Waals surface area contributed by atoms with Crippen molar-refractivity contribution in [2.75, 3.05) is 0 Å². The first-order chi connectivity index (χ1) is 8.54. The molecule has 1 aromatic carbocycles. The van der Waals surface area contributed by atoms with Crippen LogP contribution in [0.3, 0.4) is 0 Å². The topological polar surface area (TPSA) is 76.8 Å². The molecular formula is C13H14CrO4Si. The molecule has 100 valence electrons. The van der Waals surface area contributed by atoms with E-state index in [4.69, 9.17) is 14.0 Å². The molecule has 0 N–H and O–H groups in total. The van der Waals surface area contributed by atoms with Gasteiger partial charge >= 0.3 is 33.9 Å². The summed E-state index contributed by atoms with van der Waals surface area (Å²) in [7, 11) is -1.24. The normalized spacial score (nSPS) is 7.42. The molecule has 0 radical (unpaired) electrons. The van der Waals surface area contributed by atoms with Crippen molar-refractivity contribution in [3.63, 3.8) is 0 Å². The fourth-order valence-corrected chi connectivity index (χ4v) is 2.27. The van der Waals surface area contributed by atoms with Crippen LogP contribution in [0.5, 0.6) is 0 Å². The van der Waals surface area contributed by atoms with Crippen molar-refractivity contribution in [1.29, 1.82) is 0 Å². The molecule has 0 aliphatic heterocycles. The number of benzene rings is 1. The summed E-state index contributed by atoms with van der Waals surface area (Å²) in [6, 6.07) is 7.91. The van der Waals surface area contributed by atoms with Crippen LogP contribution in [0, 0.1) is 20.0 Å². The minimum Gasteiger partial charge on any atom is 0 e. The van der Waals surface area contributed by atoms with Gasteiger partial charge < -0.3 is 0 Å². The van der Waals surface area contributed by atoms with Gasteiger partial charge in [-0.05, 0) is 0 Å². The smallest absolute Gasteiger partial charge is 0 e. The third-order valence-electron chi connectivity index (χ3n) is 1.89. The molecule has 0 saturated carbocycles. The van der Waals surface area contributed by atoms with Crippen LogP contribution in [-0.2, 0) is 31.3 Å². The van der Waals surface area contributed by atoms with Gasteiger partial charge in [0.05, 0.1) is 8.07 Å². The first kappa shape index (κ1) is 26.4. The van der Waals surface area contributed by atoms with E-state index in [1.54, 1.807) is 0 Å². The average molecular weight is 314 g/mol. The van der Waals surface area contributed by atoms with Crippen LogP contribution in [-0.4, -0.2) is 14.4 Å². The monoisotopic (exact) mass is 314 g/mol. The summed E-state index contributed by atoms with van der Waals surface area (Å²) in [5.74, 6) is 0. The molecule has 0 amide bonds. The van der Waals surface area contributed by atoms with E-state index in [0.717, 1.165) is 11.8 Å². The maximum absolute atomic E-state index is 10.5. The second-order valence-corrected chi connectivity index (χ2v) is 9.07. The molecule has 1 rings (SSSR count). The van der Waals surface area contributed by atoms with Crippen LogP contribution in [0.1, 0.15) is 10.4 Å². The first-order valence-corrected chi connectivity index (χ1v) is 8.21. The molecule has 19 heavy (non-hydrogen) atoms. The Labute approximate surface area is 125 Å². The van der Waals surface area contributed by atoms with Gasteiger partial charge in [0.2, 0.25) is 0 Å². The number of hydrogen-bond donors (Lipinski definition) is 0. The van der Waals surface area contributed by atoms with Crippen molar-refractivity contribution in [3.05, 3.63) is 49.8 Å². The summed E-state index contributed by atoms with van der Waals surface area (Å²) in [4.78, 5) is 10.5. The Hall–Kier alpha value is -1.14. The fraction of sp³-hybridized carbons (Fsp3) is 0.231. The quantitative estimate of drug-likeness (QED) is 0.355. The summed E-state index contributed by atoms with van der Waals surface area (Å²) in [6.45, 7) is 20.3. The van der Waals surface area contributed by atoms with Crippen molar-refractivity contribution in [3.8, 4) is 0 Å². The van der Waals surface area contributed by atoms with Gasteiger partial charge in [-0.3, -0.25) is 4.79 Å². The number of carbonyl (C=O) groups is 1. The van der Waals surface area contributed by atoms with Crippen LogP contribution >= 0.6 is 0 Å². The van der Waals surface area contributed by atoms with E-state index < -0.39 is 8.07 Å². The van der Waals surface area contributed by atoms with Gasteiger partial charge in [0, 0.05) is 22.9 Å². The second-order valence-electron chi connectivity index (χ2n) is 3.99. The molecular weight excluding hydrogens is 300 g/mol. The summed E-state index contributed by atoms with van der Waals surface area (Å²) >= 11 is 0. The largest absolute Gasteiger partial charge is 0 e. The van der Waals surface area contributed by atoms with E-state index in [1.165, 1.54) is 5.19 Å². The van der Waals surface area contributed by atoms with Gasteiger partial charge in [-0.1, -0.05) is 49.1 Å². The van der Waals surface area contributed by atoms with Crippen LogP contribution in [0.4, 0.5) is 0 Å². The van der Waals surface area contributed by atoms with Crippen molar-refractivity contribution in [2.24, 2.45) is 0 Å². The zero-order valence-electron chi connectivity index (χ0n) is 10.9. The molecule has 0 heterocycles. The molecule has 0 bridgehead atoms. The third-order valence-corrected chi connectivity index (χ3v) is 3.93. The first-order valence-electron chi connectivity index (χ1n) is 4.71. The van der Waals surface area contributed by atoms with Gasteiger partial charge in [0.1, 0.15) is 6.29 Å². The van der Waals surface area contributed by atoms with Crippen LogP contribution in [0.15, 0.2) is 24.3 Å². The molecule has 1 aromatic rings. The van der Waals surface area contributed by atoms with Crippen molar-refractivity contribution >= 4 is 19.5 Å². The number of hydrogen-bond acceptors (Lipinski definition) is 1. The van der Waals surface area contributed by atoms with Crippen LogP contribution < -0.4 is 5.19 Å². The summed E-state index contributed by atoms with van der Waals surface area (Å²) < 4.78 is 22.5. The number of carbonyl (C=O) groups excluding carboxylic acids is 1. The van der Waals surface area contributed by atoms with Gasteiger partial charge in [-0.2, -0.15) is 0 Å². The van der Waals surface area contributed by atoms with Gasteiger partial charge in [0.25, 0.3) is 0 Å². The van der Waals surface area contributed by atoms with E-state index >= 15 is 0 Å². The Morgan fingerprint density at radius 3 is 1.74 bits per heavy atom. The molecule has 6 heteroatoms. The van der Waals surface area contributed by atoms with Gasteiger partial charge in [-0.25, -0.2) is 0 Å². The van der Waals surface area contributed by atoms with E-state index in [2.05, 4.69) is 45.7 Å². The third kappa shape index (κ3) is 13.1. The minimum absolute atomic E-state index is 0. The molecule has 0 aliphatic rings. The minimum atomic E-state index is -1.24. The Balaban J connectivity index is -0.000000142.